The summed E-state index contributed by atoms with van der Waals surface area (Å²) in [6.07, 6.45) is 0. The van der Waals surface area contributed by atoms with Gasteiger partial charge in [-0.3, -0.25) is 0 Å². The van der Waals surface area contributed by atoms with Crippen LogP contribution in [0.1, 0.15) is 10.4 Å². The lowest BCUT2D eigenvalue weighted by molar-refractivity contribution is 0.0694. The fourth-order valence-electron chi connectivity index (χ4n) is 1.77. The van der Waals surface area contributed by atoms with Gasteiger partial charge < -0.3 is 9.84 Å². The van der Waals surface area contributed by atoms with Gasteiger partial charge in [0, 0.05) is 11.6 Å². The van der Waals surface area contributed by atoms with E-state index in [2.05, 4.69) is 17.4 Å². The van der Waals surface area contributed by atoms with Gasteiger partial charge in [0.25, 0.3) is 0 Å². The van der Waals surface area contributed by atoms with Crippen molar-refractivity contribution in [2.45, 2.75) is 0 Å². The lowest BCUT2D eigenvalue weighted by Gasteiger charge is -2.09. The van der Waals surface area contributed by atoms with Crippen molar-refractivity contribution in [1.82, 2.24) is 0 Å². The van der Waals surface area contributed by atoms with E-state index in [4.69, 9.17) is 5.11 Å². The topological polar surface area (TPSA) is 63.6 Å². The van der Waals surface area contributed by atoms with Gasteiger partial charge in [0.15, 0.2) is 0 Å². The lowest BCUT2D eigenvalue weighted by atomic mass is 10.0. The zero-order valence-corrected chi connectivity index (χ0v) is 11.2. The maximum atomic E-state index is 13.7. The molecular weight excluding hydrogens is 302 g/mol. The van der Waals surface area contributed by atoms with Crippen LogP contribution in [0.5, 0.6) is 5.75 Å². The zero-order valence-electron chi connectivity index (χ0n) is 10.3. The molecule has 0 saturated heterocycles. The minimum absolute atomic E-state index is 0.0302. The van der Waals surface area contributed by atoms with Gasteiger partial charge in [-0.1, -0.05) is 18.7 Å². The van der Waals surface area contributed by atoms with E-state index in [1.807, 2.05) is 0 Å². The number of ether oxygens (including phenoxy) is 1. The molecule has 0 fully saturated rings. The fourth-order valence-corrected chi connectivity index (χ4v) is 1.87. The number of halogens is 2. The molecule has 1 N–H and O–H groups in total. The first-order valence-corrected chi connectivity index (χ1v) is 6.06. The highest BCUT2D eigenvalue weighted by molar-refractivity contribution is 7.96. The maximum Gasteiger partial charge on any atom is 0.369 e. The summed E-state index contributed by atoms with van der Waals surface area (Å²) in [6.45, 7) is 0. The van der Waals surface area contributed by atoms with Crippen LogP contribution in [0.3, 0.4) is 0 Å². The first-order valence-electron chi connectivity index (χ1n) is 5.62. The Kier molecular flexibility index (Phi) is 4.23. The van der Waals surface area contributed by atoms with Gasteiger partial charge in [-0.25, -0.2) is 18.4 Å². The summed E-state index contributed by atoms with van der Waals surface area (Å²) in [5.74, 6) is -3.14. The average Bonchev–Trinajstić information content (AvgIpc) is 2.38. The van der Waals surface area contributed by atoms with Crippen LogP contribution in [0.4, 0.5) is 13.6 Å². The van der Waals surface area contributed by atoms with Crippen molar-refractivity contribution in [2.24, 2.45) is 0 Å². The van der Waals surface area contributed by atoms with Crippen LogP contribution in [-0.2, 0) is 0 Å². The average molecular weight is 310 g/mol. The van der Waals surface area contributed by atoms with Crippen LogP contribution in [0.15, 0.2) is 36.4 Å². The van der Waals surface area contributed by atoms with E-state index in [0.29, 0.717) is 6.07 Å². The highest BCUT2D eigenvalue weighted by atomic mass is 32.1. The Bertz CT molecular complexity index is 731. The smallest absolute Gasteiger partial charge is 0.369 e. The highest BCUT2D eigenvalue weighted by Crippen LogP contribution is 2.29. The monoisotopic (exact) mass is 310 g/mol. The summed E-state index contributed by atoms with van der Waals surface area (Å²) in [4.78, 5) is 21.9. The van der Waals surface area contributed by atoms with Crippen LogP contribution < -0.4 is 4.74 Å². The Balaban J connectivity index is 2.53. The molecule has 21 heavy (non-hydrogen) atoms. The van der Waals surface area contributed by atoms with E-state index in [1.165, 1.54) is 18.2 Å². The Morgan fingerprint density at radius 3 is 2.38 bits per heavy atom. The molecule has 4 nitrogen and oxygen atoms in total. The standard InChI is InChI=1S/C14H8F2O4S/c15-8-2-3-9(11(16)6-8)7-1-4-12(20-14(19)21)10(5-7)13(17)18/h1-6H,(H,17,18)(H,19,21). The van der Waals surface area contributed by atoms with Gasteiger partial charge in [-0.05, 0) is 29.8 Å². The number of thiol groups is 1. The highest BCUT2D eigenvalue weighted by Gasteiger charge is 2.16. The molecule has 7 heteroatoms. The molecule has 0 atom stereocenters. The van der Waals surface area contributed by atoms with E-state index >= 15 is 0 Å². The molecule has 2 aromatic carbocycles. The first-order chi connectivity index (χ1) is 9.88. The Morgan fingerprint density at radius 1 is 1.10 bits per heavy atom. The molecule has 0 bridgehead atoms. The van der Waals surface area contributed by atoms with E-state index < -0.39 is 22.9 Å². The number of carboxylic acid groups (broad SMARTS) is 1. The third-order valence-electron chi connectivity index (χ3n) is 2.65. The minimum atomic E-state index is -1.36. The summed E-state index contributed by atoms with van der Waals surface area (Å²) in [7, 11) is 0. The molecule has 2 aromatic rings. The zero-order chi connectivity index (χ0) is 15.6. The second-order valence-electron chi connectivity index (χ2n) is 4.01. The van der Waals surface area contributed by atoms with Crippen LogP contribution in [0.25, 0.3) is 11.1 Å². The molecule has 0 saturated carbocycles. The molecule has 0 aliphatic carbocycles. The number of rotatable bonds is 3. The van der Waals surface area contributed by atoms with Gasteiger partial charge >= 0.3 is 11.3 Å². The van der Waals surface area contributed by atoms with Crippen LogP contribution in [0.2, 0.25) is 0 Å². The number of carbonyl (C=O) groups is 2. The minimum Gasteiger partial charge on any atom is -0.478 e. The second-order valence-corrected chi connectivity index (χ2v) is 4.37. The molecule has 0 aliphatic heterocycles. The predicted molar refractivity (Wildman–Crippen MR) is 73.8 cm³/mol. The number of hydrogen-bond acceptors (Lipinski definition) is 3. The van der Waals surface area contributed by atoms with Crippen molar-refractivity contribution in [2.75, 3.05) is 0 Å². The molecular formula is C14H8F2O4S. The van der Waals surface area contributed by atoms with Crippen molar-refractivity contribution < 1.29 is 28.2 Å². The second kappa shape index (κ2) is 5.92. The van der Waals surface area contributed by atoms with Gasteiger partial charge in [-0.2, -0.15) is 0 Å². The quantitative estimate of drug-likeness (QED) is 0.669. The van der Waals surface area contributed by atoms with Crippen molar-refractivity contribution in [3.63, 3.8) is 0 Å². The van der Waals surface area contributed by atoms with E-state index in [0.717, 1.165) is 12.1 Å². The van der Waals surface area contributed by atoms with Crippen LogP contribution in [-0.4, -0.2) is 16.4 Å². The Labute approximate surface area is 123 Å². The summed E-state index contributed by atoms with van der Waals surface area (Å²) >= 11 is 3.39. The molecule has 0 aliphatic rings. The summed E-state index contributed by atoms with van der Waals surface area (Å²) in [6, 6.07) is 6.63. The normalized spacial score (nSPS) is 10.2. The van der Waals surface area contributed by atoms with Crippen molar-refractivity contribution in [1.29, 1.82) is 0 Å². The first kappa shape index (κ1) is 15.0. The molecule has 0 heterocycles. The van der Waals surface area contributed by atoms with Gasteiger partial charge in [-0.15, -0.1) is 0 Å². The number of aromatic carboxylic acids is 1. The molecule has 0 aromatic heterocycles. The van der Waals surface area contributed by atoms with E-state index in [1.54, 1.807) is 0 Å². The number of hydrogen-bond donors (Lipinski definition) is 2. The number of benzene rings is 2. The van der Waals surface area contributed by atoms with Crippen molar-refractivity contribution in [3.05, 3.63) is 53.6 Å². The molecule has 0 amide bonds. The summed E-state index contributed by atoms with van der Waals surface area (Å²) in [5.41, 5.74) is -0.0925. The number of carboxylic acids is 1. The Hall–Kier alpha value is -2.41. The van der Waals surface area contributed by atoms with Crippen molar-refractivity contribution >= 4 is 23.9 Å². The molecule has 108 valence electrons. The fraction of sp³-hybridized carbons (Fsp3) is 0. The van der Waals surface area contributed by atoms with Gasteiger partial charge in [0.2, 0.25) is 0 Å². The van der Waals surface area contributed by atoms with Crippen molar-refractivity contribution in [3.8, 4) is 16.9 Å². The van der Waals surface area contributed by atoms with Crippen LogP contribution >= 0.6 is 12.6 Å². The largest absolute Gasteiger partial charge is 0.478 e. The third kappa shape index (κ3) is 3.38. The van der Waals surface area contributed by atoms with Gasteiger partial charge in [0.1, 0.15) is 22.9 Å². The van der Waals surface area contributed by atoms with E-state index in [9.17, 15) is 18.4 Å². The lowest BCUT2D eigenvalue weighted by Crippen LogP contribution is -2.05. The van der Waals surface area contributed by atoms with Gasteiger partial charge in [0.05, 0.1) is 0 Å². The SMILES string of the molecule is O=C(S)Oc1ccc(-c2ccc(F)cc2F)cc1C(=O)O. The summed E-state index contributed by atoms with van der Waals surface area (Å²) < 4.78 is 31.2. The number of carbonyl (C=O) groups excluding carboxylic acids is 1. The Morgan fingerprint density at radius 2 is 1.81 bits per heavy atom. The summed E-state index contributed by atoms with van der Waals surface area (Å²) in [5, 5.41) is 8.12. The molecule has 0 unspecified atom stereocenters. The van der Waals surface area contributed by atoms with Crippen LogP contribution in [0, 0.1) is 11.6 Å². The molecule has 0 spiro atoms. The molecule has 0 radical (unpaired) electrons. The predicted octanol–water partition coefficient (Wildman–Crippen LogP) is 3.76. The maximum absolute atomic E-state index is 13.7. The van der Waals surface area contributed by atoms with E-state index in [-0.39, 0.29) is 22.4 Å². The molecule has 2 rings (SSSR count). The third-order valence-corrected chi connectivity index (χ3v) is 2.74.